The van der Waals surface area contributed by atoms with E-state index in [0.29, 0.717) is 0 Å². The SMILES string of the molecule is O=C(O)Oc1ccc(OC(=O)O)o1.O=C(O)c1ccc(C(=O)O)o1. The van der Waals surface area contributed by atoms with Crippen LogP contribution in [-0.4, -0.2) is 44.7 Å². The highest BCUT2D eigenvalue weighted by Gasteiger charge is 2.12. The van der Waals surface area contributed by atoms with Crippen LogP contribution in [0.25, 0.3) is 0 Å². The Morgan fingerprint density at radius 1 is 0.667 bits per heavy atom. The van der Waals surface area contributed by atoms with Crippen molar-refractivity contribution in [3.8, 4) is 11.9 Å². The maximum atomic E-state index is 10.2. The molecule has 0 atom stereocenters. The van der Waals surface area contributed by atoms with E-state index in [4.69, 9.17) is 20.4 Å². The van der Waals surface area contributed by atoms with E-state index >= 15 is 0 Å². The monoisotopic (exact) mass is 344 g/mol. The molecule has 0 aliphatic heterocycles. The molecule has 12 heteroatoms. The number of rotatable bonds is 4. The van der Waals surface area contributed by atoms with Gasteiger partial charge in [-0.25, -0.2) is 19.2 Å². The second-order valence-corrected chi connectivity index (χ2v) is 3.58. The third-order valence-electron chi connectivity index (χ3n) is 1.96. The van der Waals surface area contributed by atoms with Crippen LogP contribution in [0.4, 0.5) is 9.59 Å². The lowest BCUT2D eigenvalue weighted by Gasteiger charge is -1.93. The molecule has 2 heterocycles. The van der Waals surface area contributed by atoms with Gasteiger partial charge < -0.3 is 38.7 Å². The number of aromatic carboxylic acids is 2. The molecule has 0 aliphatic rings. The molecule has 0 bridgehead atoms. The lowest BCUT2D eigenvalue weighted by molar-refractivity contribution is 0.0630. The minimum Gasteiger partial charge on any atom is -0.475 e. The summed E-state index contributed by atoms with van der Waals surface area (Å²) < 4.78 is 17.0. The van der Waals surface area contributed by atoms with Crippen LogP contribution < -0.4 is 9.47 Å². The third kappa shape index (κ3) is 5.80. The van der Waals surface area contributed by atoms with Crippen molar-refractivity contribution in [2.24, 2.45) is 0 Å². The van der Waals surface area contributed by atoms with Gasteiger partial charge in [-0.15, -0.1) is 0 Å². The summed E-state index contributed by atoms with van der Waals surface area (Å²) in [4.78, 5) is 40.2. The Balaban J connectivity index is 0.000000243. The van der Waals surface area contributed by atoms with Gasteiger partial charge in [-0.2, -0.15) is 0 Å². The Labute approximate surface area is 131 Å². The number of hydrogen-bond donors (Lipinski definition) is 4. The Bertz CT molecular complexity index is 693. The molecule has 0 saturated carbocycles. The van der Waals surface area contributed by atoms with E-state index in [1.165, 1.54) is 0 Å². The number of hydrogen-bond acceptors (Lipinski definition) is 8. The molecule has 0 aliphatic carbocycles. The van der Waals surface area contributed by atoms with E-state index < -0.39 is 24.2 Å². The molecular formula is C12H8O12. The van der Waals surface area contributed by atoms with E-state index in [9.17, 15) is 19.2 Å². The van der Waals surface area contributed by atoms with Gasteiger partial charge in [0.2, 0.25) is 11.5 Å². The first-order valence-electron chi connectivity index (χ1n) is 5.67. The van der Waals surface area contributed by atoms with Gasteiger partial charge in [0.1, 0.15) is 0 Å². The van der Waals surface area contributed by atoms with Gasteiger partial charge in [-0.3, -0.25) is 0 Å². The fourth-order valence-corrected chi connectivity index (χ4v) is 1.15. The molecule has 24 heavy (non-hydrogen) atoms. The van der Waals surface area contributed by atoms with E-state index in [1.807, 2.05) is 0 Å². The summed E-state index contributed by atoms with van der Waals surface area (Å²) in [7, 11) is 0. The molecule has 12 nitrogen and oxygen atoms in total. The maximum Gasteiger partial charge on any atom is 0.513 e. The highest BCUT2D eigenvalue weighted by atomic mass is 16.7. The smallest absolute Gasteiger partial charge is 0.475 e. The minimum absolute atomic E-state index is 0.358. The lowest BCUT2D eigenvalue weighted by atomic mass is 10.4. The van der Waals surface area contributed by atoms with Crippen LogP contribution in [0.3, 0.4) is 0 Å². The first-order chi connectivity index (χ1) is 11.2. The van der Waals surface area contributed by atoms with E-state index in [2.05, 4.69) is 18.3 Å². The first-order valence-corrected chi connectivity index (χ1v) is 5.67. The Hall–Kier alpha value is -3.96. The summed E-state index contributed by atoms with van der Waals surface area (Å²) in [5.41, 5.74) is 0. The summed E-state index contributed by atoms with van der Waals surface area (Å²) in [6.45, 7) is 0. The van der Waals surface area contributed by atoms with Crippen LogP contribution in [0.1, 0.15) is 21.1 Å². The van der Waals surface area contributed by atoms with Crippen molar-refractivity contribution in [2.75, 3.05) is 0 Å². The molecule has 0 aromatic carbocycles. The second-order valence-electron chi connectivity index (χ2n) is 3.58. The Kier molecular flexibility index (Phi) is 5.94. The van der Waals surface area contributed by atoms with Gasteiger partial charge in [0.25, 0.3) is 11.9 Å². The van der Waals surface area contributed by atoms with Crippen LogP contribution in [0.2, 0.25) is 0 Å². The summed E-state index contributed by atoms with van der Waals surface area (Å²) in [6.07, 6.45) is -3.12. The summed E-state index contributed by atoms with van der Waals surface area (Å²) >= 11 is 0. The second kappa shape index (κ2) is 7.88. The number of carbonyl (C=O) groups is 4. The number of ether oxygens (including phenoxy) is 2. The number of carboxylic acid groups (broad SMARTS) is 4. The van der Waals surface area contributed by atoms with E-state index in [-0.39, 0.29) is 23.4 Å². The molecule has 128 valence electrons. The van der Waals surface area contributed by atoms with Gasteiger partial charge in [0, 0.05) is 12.1 Å². The fourth-order valence-electron chi connectivity index (χ4n) is 1.15. The Morgan fingerprint density at radius 2 is 1.04 bits per heavy atom. The molecular weight excluding hydrogens is 336 g/mol. The van der Waals surface area contributed by atoms with Crippen molar-refractivity contribution in [1.29, 1.82) is 0 Å². The molecule has 2 rings (SSSR count). The maximum absolute atomic E-state index is 10.2. The highest BCUT2D eigenvalue weighted by Crippen LogP contribution is 2.22. The molecule has 0 unspecified atom stereocenters. The number of furan rings is 2. The summed E-state index contributed by atoms with van der Waals surface area (Å²) in [5, 5.41) is 32.8. The highest BCUT2D eigenvalue weighted by molar-refractivity contribution is 5.88. The molecule has 2 aromatic rings. The van der Waals surface area contributed by atoms with Gasteiger partial charge >= 0.3 is 24.2 Å². The largest absolute Gasteiger partial charge is 0.513 e. The van der Waals surface area contributed by atoms with Gasteiger partial charge in [-0.1, -0.05) is 0 Å². The molecule has 0 amide bonds. The van der Waals surface area contributed by atoms with Crippen LogP contribution in [0.5, 0.6) is 11.9 Å². The third-order valence-corrected chi connectivity index (χ3v) is 1.96. The van der Waals surface area contributed by atoms with Crippen molar-refractivity contribution < 1.29 is 57.9 Å². The van der Waals surface area contributed by atoms with Crippen LogP contribution in [0.15, 0.2) is 33.1 Å². The predicted octanol–water partition coefficient (Wildman–Crippen LogP) is 2.07. The zero-order chi connectivity index (χ0) is 18.3. The standard InChI is InChI=1S/C6H4O7.C6H4O5/c7-5(8)12-3-1-2-4(11-3)13-6(9)10;7-5(8)3-1-2-4(11-3)6(9)10/h1-2H,(H,7,8)(H,9,10);1-2H,(H,7,8)(H,9,10). The van der Waals surface area contributed by atoms with Crippen LogP contribution in [-0.2, 0) is 0 Å². The average Bonchev–Trinajstić information content (AvgIpc) is 3.07. The number of carboxylic acids is 2. The van der Waals surface area contributed by atoms with Crippen molar-refractivity contribution in [1.82, 2.24) is 0 Å². The summed E-state index contributed by atoms with van der Waals surface area (Å²) in [6, 6.07) is 4.41. The van der Waals surface area contributed by atoms with Crippen molar-refractivity contribution >= 4 is 24.2 Å². The van der Waals surface area contributed by atoms with Crippen molar-refractivity contribution in [2.45, 2.75) is 0 Å². The van der Waals surface area contributed by atoms with Crippen molar-refractivity contribution in [3.05, 3.63) is 35.8 Å². The zero-order valence-corrected chi connectivity index (χ0v) is 11.4. The topological polar surface area (TPSA) is 194 Å². The molecule has 0 fully saturated rings. The molecule has 4 N–H and O–H groups in total. The average molecular weight is 344 g/mol. The fraction of sp³-hybridized carbons (Fsp3) is 0. The first kappa shape index (κ1) is 18.1. The normalized spacial score (nSPS) is 9.33. The van der Waals surface area contributed by atoms with Gasteiger partial charge in [0.15, 0.2) is 0 Å². The van der Waals surface area contributed by atoms with Crippen molar-refractivity contribution in [3.63, 3.8) is 0 Å². The van der Waals surface area contributed by atoms with E-state index in [1.54, 1.807) is 0 Å². The summed E-state index contributed by atoms with van der Waals surface area (Å²) in [5.74, 6) is -4.02. The Morgan fingerprint density at radius 3 is 1.29 bits per heavy atom. The molecule has 0 spiro atoms. The molecule has 2 aromatic heterocycles. The molecule has 0 radical (unpaired) electrons. The molecule has 0 saturated heterocycles. The van der Waals surface area contributed by atoms with Crippen LogP contribution in [0, 0.1) is 0 Å². The van der Waals surface area contributed by atoms with Crippen LogP contribution >= 0.6 is 0 Å². The predicted molar refractivity (Wildman–Crippen MR) is 68.6 cm³/mol. The van der Waals surface area contributed by atoms with E-state index in [0.717, 1.165) is 24.3 Å². The van der Waals surface area contributed by atoms with Gasteiger partial charge in [0.05, 0.1) is 0 Å². The lowest BCUT2D eigenvalue weighted by Crippen LogP contribution is -2.02. The zero-order valence-electron chi connectivity index (χ0n) is 11.4. The van der Waals surface area contributed by atoms with Gasteiger partial charge in [-0.05, 0) is 12.1 Å². The quantitative estimate of drug-likeness (QED) is 0.590. The minimum atomic E-state index is -1.56.